The fourth-order valence-electron chi connectivity index (χ4n) is 4.82. The van der Waals surface area contributed by atoms with Crippen LogP contribution in [0.5, 0.6) is 0 Å². The van der Waals surface area contributed by atoms with Gasteiger partial charge in [-0.05, 0) is 72.5 Å². The van der Waals surface area contributed by atoms with Gasteiger partial charge in [-0.25, -0.2) is 30.2 Å². The Kier molecular flexibility index (Phi) is 14.4. The Morgan fingerprint density at radius 2 is 1.25 bits per heavy atom. The summed E-state index contributed by atoms with van der Waals surface area (Å²) < 4.78 is 11.1. The molecule has 4 aromatic rings. The molecule has 268 valence electrons. The molecule has 4 heterocycles. The van der Waals surface area contributed by atoms with E-state index in [1.807, 2.05) is 44.2 Å². The van der Waals surface area contributed by atoms with E-state index in [9.17, 15) is 20.2 Å². The molecular weight excluding hydrogens is 770 g/mol. The maximum Gasteiger partial charge on any atom is 0.363 e. The zero-order valence-corrected chi connectivity index (χ0v) is 30.6. The molecular formula is C32H29Cl5N8O6. The smallest absolute Gasteiger partial charge is 0.363 e. The van der Waals surface area contributed by atoms with E-state index in [0.717, 1.165) is 22.3 Å². The van der Waals surface area contributed by atoms with Crippen LogP contribution in [0.3, 0.4) is 0 Å². The quantitative estimate of drug-likeness (QED) is 0.0830. The normalized spacial score (nSPS) is 20.6. The fourth-order valence-corrected chi connectivity index (χ4v) is 5.46. The van der Waals surface area contributed by atoms with E-state index in [4.69, 9.17) is 67.5 Å². The van der Waals surface area contributed by atoms with Crippen LogP contribution in [-0.2, 0) is 21.9 Å². The molecule has 2 aliphatic rings. The number of nitrogens with zero attached hydrogens (tertiary/aromatic N) is 7. The molecule has 2 saturated heterocycles. The summed E-state index contributed by atoms with van der Waals surface area (Å²) in [5.41, 5.74) is 3.58. The number of rotatable bonds is 7. The second-order valence-corrected chi connectivity index (χ2v) is 12.8. The third-order valence-corrected chi connectivity index (χ3v) is 8.53. The van der Waals surface area contributed by atoms with Crippen LogP contribution in [-0.4, -0.2) is 49.1 Å². The summed E-state index contributed by atoms with van der Waals surface area (Å²) in [6.07, 6.45) is 2.59. The monoisotopic (exact) mass is 796 g/mol. The van der Waals surface area contributed by atoms with Crippen LogP contribution in [0.1, 0.15) is 48.3 Å². The van der Waals surface area contributed by atoms with Gasteiger partial charge in [0.05, 0.1) is 12.1 Å². The van der Waals surface area contributed by atoms with Crippen LogP contribution in [0.25, 0.3) is 0 Å². The van der Waals surface area contributed by atoms with E-state index < -0.39 is 16.2 Å². The number of alkyl halides is 1. The standard InChI is InChI=1S/C16H14Cl2N4O3.C10H10ClN3O3.C6H5Cl2N/c1-10-15(12-3-5-13(17)6-4-12)25-16(20-22(23)24)21(10)9-11-2-7-14(18)19-8-11;1-6-9(7-2-4-8(11)5-3-7)17-10(12-6)13-14(15)16;7-3-5-1-2-6(8)9-4-5/h2-8,10,15H,9H2,1H3;2-6,9H,1H3,(H,12,13);1-2,4H,3H2/b20-16-;;. The van der Waals surface area contributed by atoms with Gasteiger partial charge in [-0.1, -0.05) is 82.8 Å². The molecule has 1 N–H and O–H groups in total. The Balaban J connectivity index is 0.000000192. The summed E-state index contributed by atoms with van der Waals surface area (Å²) in [6, 6.07) is 21.0. The largest absolute Gasteiger partial charge is 0.451 e. The summed E-state index contributed by atoms with van der Waals surface area (Å²) in [4.78, 5) is 30.7. The topological polar surface area (TPSA) is 171 Å². The minimum absolute atomic E-state index is 0.0348. The molecule has 0 aliphatic carbocycles. The molecule has 51 heavy (non-hydrogen) atoms. The van der Waals surface area contributed by atoms with Gasteiger partial charge in [-0.3, -0.25) is 0 Å². The molecule has 2 aromatic carbocycles. The van der Waals surface area contributed by atoms with Crippen LogP contribution in [0.15, 0.2) is 95.4 Å². The second kappa shape index (κ2) is 18.7. The van der Waals surface area contributed by atoms with Gasteiger partial charge >= 0.3 is 12.0 Å². The van der Waals surface area contributed by atoms with E-state index in [0.29, 0.717) is 32.8 Å². The van der Waals surface area contributed by atoms with Gasteiger partial charge in [-0.15, -0.1) is 11.6 Å². The number of hydrogen-bond donors (Lipinski definition) is 1. The van der Waals surface area contributed by atoms with Crippen molar-refractivity contribution in [2.75, 3.05) is 0 Å². The van der Waals surface area contributed by atoms with E-state index in [1.54, 1.807) is 59.8 Å². The molecule has 2 aromatic heterocycles. The number of amidine groups is 2. The van der Waals surface area contributed by atoms with Crippen molar-refractivity contribution in [2.45, 2.75) is 50.6 Å². The molecule has 2 aliphatic heterocycles. The van der Waals surface area contributed by atoms with Crippen LogP contribution in [0.4, 0.5) is 0 Å². The predicted molar refractivity (Wildman–Crippen MR) is 195 cm³/mol. The number of nitrogens with one attached hydrogen (secondary N) is 1. The first-order valence-electron chi connectivity index (χ1n) is 14.9. The van der Waals surface area contributed by atoms with Gasteiger partial charge in [0.15, 0.2) is 10.1 Å². The van der Waals surface area contributed by atoms with Crippen molar-refractivity contribution in [3.8, 4) is 0 Å². The molecule has 0 spiro atoms. The lowest BCUT2D eigenvalue weighted by Crippen LogP contribution is -2.32. The third kappa shape index (κ3) is 11.8. The molecule has 4 atom stereocenters. The van der Waals surface area contributed by atoms with E-state index >= 15 is 0 Å². The maximum atomic E-state index is 10.9. The van der Waals surface area contributed by atoms with Gasteiger partial charge < -0.3 is 19.7 Å². The van der Waals surface area contributed by atoms with E-state index in [2.05, 4.69) is 25.5 Å². The first-order valence-corrected chi connectivity index (χ1v) is 17.0. The molecule has 0 saturated carbocycles. The lowest BCUT2D eigenvalue weighted by atomic mass is 10.0. The molecule has 14 nitrogen and oxygen atoms in total. The first kappa shape index (κ1) is 39.3. The van der Waals surface area contributed by atoms with Gasteiger partial charge in [0.25, 0.3) is 0 Å². The highest BCUT2D eigenvalue weighted by molar-refractivity contribution is 6.31. The van der Waals surface area contributed by atoms with Gasteiger partial charge in [0.2, 0.25) is 0 Å². The number of hydrazone groups is 2. The zero-order chi connectivity index (χ0) is 37.1. The molecule has 0 bridgehead atoms. The number of halogens is 5. The summed E-state index contributed by atoms with van der Waals surface area (Å²) in [5.74, 6) is 0.490. The van der Waals surface area contributed by atoms with Crippen LogP contribution < -0.4 is 5.32 Å². The lowest BCUT2D eigenvalue weighted by Gasteiger charge is -2.21. The number of pyridine rings is 2. The third-order valence-electron chi connectivity index (χ3n) is 7.27. The summed E-state index contributed by atoms with van der Waals surface area (Å²) >= 11 is 28.5. The number of nitro groups is 2. The molecule has 0 radical (unpaired) electrons. The Morgan fingerprint density at radius 1 is 0.745 bits per heavy atom. The van der Waals surface area contributed by atoms with Crippen molar-refractivity contribution in [3.05, 3.63) is 148 Å². The van der Waals surface area contributed by atoms with Gasteiger partial charge in [0.1, 0.15) is 32.7 Å². The number of hydrogen-bond acceptors (Lipinski definition) is 8. The molecule has 19 heteroatoms. The van der Waals surface area contributed by atoms with Crippen LogP contribution in [0, 0.1) is 20.2 Å². The Labute approximate surface area is 317 Å². The zero-order valence-electron chi connectivity index (χ0n) is 26.8. The maximum absolute atomic E-state index is 10.9. The summed E-state index contributed by atoms with van der Waals surface area (Å²) in [6.45, 7) is 4.15. The average molecular weight is 799 g/mol. The SMILES string of the molecule is CC1C(c2ccc(Cl)cc2)O/C(=N\[N+](=O)[O-])N1Cc1ccc(Cl)nc1.CC1N/C(=N/[N+](=O)[O-])OC1c1ccc(Cl)cc1.ClCc1ccc(Cl)nc1. The summed E-state index contributed by atoms with van der Waals surface area (Å²) in [7, 11) is 0. The van der Waals surface area contributed by atoms with Crippen molar-refractivity contribution >= 4 is 70.0 Å². The van der Waals surface area contributed by atoms with Gasteiger partial charge in [0, 0.05) is 34.9 Å². The molecule has 6 rings (SSSR count). The number of benzene rings is 2. The Hall–Kier alpha value is -4.47. The Bertz CT molecular complexity index is 1840. The van der Waals surface area contributed by atoms with Crippen molar-refractivity contribution in [2.24, 2.45) is 10.2 Å². The fraction of sp³-hybridized carbons (Fsp3) is 0.250. The van der Waals surface area contributed by atoms with Crippen LogP contribution >= 0.6 is 58.0 Å². The van der Waals surface area contributed by atoms with E-state index in [-0.39, 0.29) is 30.2 Å². The molecule has 4 unspecified atom stereocenters. The number of ether oxygens (including phenoxy) is 2. The lowest BCUT2D eigenvalue weighted by molar-refractivity contribution is -0.486. The highest BCUT2D eigenvalue weighted by atomic mass is 35.5. The van der Waals surface area contributed by atoms with Crippen molar-refractivity contribution < 1.29 is 19.5 Å². The van der Waals surface area contributed by atoms with Crippen molar-refractivity contribution in [1.29, 1.82) is 0 Å². The minimum Gasteiger partial charge on any atom is -0.451 e. The van der Waals surface area contributed by atoms with Gasteiger partial charge in [-0.2, -0.15) is 0 Å². The second-order valence-electron chi connectivity index (χ2n) is 10.9. The average Bonchev–Trinajstić information content (AvgIpc) is 3.60. The van der Waals surface area contributed by atoms with Crippen molar-refractivity contribution in [3.63, 3.8) is 0 Å². The first-order chi connectivity index (χ1) is 24.3. The van der Waals surface area contributed by atoms with Crippen LogP contribution in [0.2, 0.25) is 20.4 Å². The minimum atomic E-state index is -0.792. The molecule has 2 fully saturated rings. The Morgan fingerprint density at radius 3 is 1.73 bits per heavy atom. The number of aromatic nitrogens is 2. The molecule has 0 amide bonds. The van der Waals surface area contributed by atoms with E-state index in [1.165, 1.54) is 0 Å². The predicted octanol–water partition coefficient (Wildman–Crippen LogP) is 8.31. The highest BCUT2D eigenvalue weighted by Crippen LogP contribution is 2.34. The highest BCUT2D eigenvalue weighted by Gasteiger charge is 2.40. The van der Waals surface area contributed by atoms with Crippen molar-refractivity contribution in [1.82, 2.24) is 20.2 Å². The summed E-state index contributed by atoms with van der Waals surface area (Å²) in [5, 5.41) is 30.9.